The van der Waals surface area contributed by atoms with E-state index in [1.54, 1.807) is 7.11 Å². The van der Waals surface area contributed by atoms with Crippen LogP contribution in [0.1, 0.15) is 60.1 Å². The summed E-state index contributed by atoms with van der Waals surface area (Å²) in [5.74, 6) is 0.652. The molecule has 1 aromatic rings. The number of hydrogen-bond donors (Lipinski definition) is 1. The van der Waals surface area contributed by atoms with Crippen LogP contribution in [0.25, 0.3) is 0 Å². The largest absolute Gasteiger partial charge is 0.481 e. The van der Waals surface area contributed by atoms with Crippen LogP contribution in [0.2, 0.25) is 0 Å². The third-order valence-corrected chi connectivity index (χ3v) is 6.36. The molecule has 1 saturated heterocycles. The number of carbonyl (C=O) groups is 2. The van der Waals surface area contributed by atoms with Crippen LogP contribution in [-0.2, 0) is 17.9 Å². The molecule has 3 heterocycles. The highest BCUT2D eigenvalue weighted by Crippen LogP contribution is 2.33. The third kappa shape index (κ3) is 3.72. The first-order chi connectivity index (χ1) is 13.6. The summed E-state index contributed by atoms with van der Waals surface area (Å²) >= 11 is 0. The topological polar surface area (TPSA) is 74.8 Å². The maximum atomic E-state index is 12.9. The van der Waals surface area contributed by atoms with Gasteiger partial charge in [-0.2, -0.15) is 0 Å². The highest BCUT2D eigenvalue weighted by Gasteiger charge is 2.36. The average molecular weight is 386 g/mol. The molecular weight excluding hydrogens is 356 g/mol. The molecule has 1 atom stereocenters. The van der Waals surface area contributed by atoms with Crippen molar-refractivity contribution in [3.63, 3.8) is 0 Å². The zero-order chi connectivity index (χ0) is 19.7. The molecule has 1 N–H and O–H groups in total. The summed E-state index contributed by atoms with van der Waals surface area (Å²) in [6, 6.07) is 2.20. The Morgan fingerprint density at radius 1 is 1.29 bits per heavy atom. The number of likely N-dealkylation sites (tertiary alicyclic amines) is 1. The Hall–Kier alpha value is -2.15. The van der Waals surface area contributed by atoms with Gasteiger partial charge in [-0.3, -0.25) is 9.59 Å². The van der Waals surface area contributed by atoms with E-state index in [9.17, 15) is 9.59 Å². The van der Waals surface area contributed by atoms with Crippen molar-refractivity contribution in [3.8, 4) is 5.88 Å². The Morgan fingerprint density at radius 3 is 2.79 bits per heavy atom. The standard InChI is InChI=1S/C21H30N4O3/c1-24-9-5-6-14(12-24)19(26)22-11-15-10-17-18(23-20(15)28-2)13-25(21(17)27)16-7-3-4-8-16/h10,14,16H,3-9,11-13H2,1-2H3,(H,22,26)/t14-/m0/s1. The van der Waals surface area contributed by atoms with Crippen molar-refractivity contribution in [3.05, 3.63) is 22.9 Å². The molecule has 0 spiro atoms. The lowest BCUT2D eigenvalue weighted by Gasteiger charge is -2.28. The van der Waals surface area contributed by atoms with Crippen LogP contribution < -0.4 is 10.1 Å². The number of pyridine rings is 1. The SMILES string of the molecule is COc1nc2c(cc1CNC(=O)[C@H]1CCCN(C)C1)C(=O)N(C1CCCC1)C2. The summed E-state index contributed by atoms with van der Waals surface area (Å²) in [5.41, 5.74) is 2.22. The summed E-state index contributed by atoms with van der Waals surface area (Å²) < 4.78 is 5.46. The van der Waals surface area contributed by atoms with Crippen LogP contribution in [0.5, 0.6) is 5.88 Å². The molecule has 0 radical (unpaired) electrons. The van der Waals surface area contributed by atoms with Crippen LogP contribution in [0, 0.1) is 5.92 Å². The summed E-state index contributed by atoms with van der Waals surface area (Å²) in [6.45, 7) is 2.74. The minimum absolute atomic E-state index is 0.0200. The lowest BCUT2D eigenvalue weighted by molar-refractivity contribution is -0.126. The molecule has 0 aromatic carbocycles. The fraction of sp³-hybridized carbons (Fsp3) is 0.667. The van der Waals surface area contributed by atoms with Crippen molar-refractivity contribution < 1.29 is 14.3 Å². The predicted molar refractivity (Wildman–Crippen MR) is 105 cm³/mol. The van der Waals surface area contributed by atoms with Gasteiger partial charge < -0.3 is 19.9 Å². The molecule has 0 unspecified atom stereocenters. The number of fused-ring (bicyclic) bond motifs is 1. The van der Waals surface area contributed by atoms with E-state index in [4.69, 9.17) is 4.74 Å². The summed E-state index contributed by atoms with van der Waals surface area (Å²) in [5, 5.41) is 3.03. The fourth-order valence-corrected chi connectivity index (χ4v) is 4.79. The number of rotatable bonds is 5. The van der Waals surface area contributed by atoms with Gasteiger partial charge in [-0.05, 0) is 45.3 Å². The second-order valence-corrected chi connectivity index (χ2v) is 8.34. The zero-order valence-corrected chi connectivity index (χ0v) is 16.9. The van der Waals surface area contributed by atoms with Crippen LogP contribution in [0.4, 0.5) is 0 Å². The zero-order valence-electron chi connectivity index (χ0n) is 16.9. The second kappa shape index (κ2) is 8.07. The van der Waals surface area contributed by atoms with E-state index in [1.807, 2.05) is 11.0 Å². The van der Waals surface area contributed by atoms with Gasteiger partial charge in [-0.1, -0.05) is 12.8 Å². The van der Waals surface area contributed by atoms with E-state index in [2.05, 4.69) is 22.2 Å². The molecule has 4 rings (SSSR count). The van der Waals surface area contributed by atoms with Crippen LogP contribution >= 0.6 is 0 Å². The summed E-state index contributed by atoms with van der Waals surface area (Å²) in [7, 11) is 3.64. The van der Waals surface area contributed by atoms with Gasteiger partial charge in [0.05, 0.1) is 30.8 Å². The minimum Gasteiger partial charge on any atom is -0.481 e. The van der Waals surface area contributed by atoms with Gasteiger partial charge >= 0.3 is 0 Å². The number of aromatic nitrogens is 1. The lowest BCUT2D eigenvalue weighted by Crippen LogP contribution is -2.41. The Labute approximate surface area is 166 Å². The Morgan fingerprint density at radius 2 is 2.07 bits per heavy atom. The van der Waals surface area contributed by atoms with Crippen molar-refractivity contribution >= 4 is 11.8 Å². The first-order valence-electron chi connectivity index (χ1n) is 10.4. The van der Waals surface area contributed by atoms with Crippen molar-refractivity contribution in [1.29, 1.82) is 0 Å². The summed E-state index contributed by atoms with van der Waals surface area (Å²) in [4.78, 5) is 34.2. The second-order valence-electron chi connectivity index (χ2n) is 8.34. The number of nitrogens with one attached hydrogen (secondary N) is 1. The van der Waals surface area contributed by atoms with Crippen molar-refractivity contribution in [1.82, 2.24) is 20.1 Å². The van der Waals surface area contributed by atoms with Crippen LogP contribution in [0.3, 0.4) is 0 Å². The smallest absolute Gasteiger partial charge is 0.256 e. The molecule has 7 heteroatoms. The van der Waals surface area contributed by atoms with E-state index in [-0.39, 0.29) is 17.7 Å². The fourth-order valence-electron chi connectivity index (χ4n) is 4.79. The number of hydrogen-bond acceptors (Lipinski definition) is 5. The molecule has 28 heavy (non-hydrogen) atoms. The monoisotopic (exact) mass is 386 g/mol. The van der Waals surface area contributed by atoms with E-state index >= 15 is 0 Å². The van der Waals surface area contributed by atoms with E-state index < -0.39 is 0 Å². The van der Waals surface area contributed by atoms with Gasteiger partial charge in [0.1, 0.15) is 0 Å². The number of carbonyl (C=O) groups excluding carboxylic acids is 2. The quantitative estimate of drug-likeness (QED) is 0.837. The number of nitrogens with zero attached hydrogens (tertiary/aromatic N) is 3. The highest BCUT2D eigenvalue weighted by atomic mass is 16.5. The molecule has 0 bridgehead atoms. The highest BCUT2D eigenvalue weighted by molar-refractivity contribution is 5.98. The van der Waals surface area contributed by atoms with Crippen molar-refractivity contribution in [2.45, 2.75) is 57.7 Å². The first kappa shape index (κ1) is 19.2. The Kier molecular flexibility index (Phi) is 5.53. The predicted octanol–water partition coefficient (Wildman–Crippen LogP) is 1.95. The molecule has 152 valence electrons. The maximum Gasteiger partial charge on any atom is 0.256 e. The van der Waals surface area contributed by atoms with E-state index in [0.29, 0.717) is 30.6 Å². The molecule has 1 aliphatic carbocycles. The molecule has 7 nitrogen and oxygen atoms in total. The molecule has 1 saturated carbocycles. The number of methoxy groups -OCH3 is 1. The van der Waals surface area contributed by atoms with Crippen molar-refractivity contribution in [2.75, 3.05) is 27.2 Å². The molecule has 1 aromatic heterocycles. The normalized spacial score (nSPS) is 23.1. The Balaban J connectivity index is 1.46. The van der Waals surface area contributed by atoms with Crippen LogP contribution in [0.15, 0.2) is 6.07 Å². The van der Waals surface area contributed by atoms with E-state index in [0.717, 1.165) is 50.0 Å². The summed E-state index contributed by atoms with van der Waals surface area (Å²) in [6.07, 6.45) is 6.50. The van der Waals surface area contributed by atoms with Crippen LogP contribution in [-0.4, -0.2) is 59.9 Å². The third-order valence-electron chi connectivity index (χ3n) is 6.36. The van der Waals surface area contributed by atoms with Gasteiger partial charge in [-0.15, -0.1) is 0 Å². The number of amides is 2. The van der Waals surface area contributed by atoms with Gasteiger partial charge in [0.15, 0.2) is 0 Å². The molecular formula is C21H30N4O3. The maximum absolute atomic E-state index is 12.9. The molecule has 2 amide bonds. The van der Waals surface area contributed by atoms with Gasteiger partial charge in [0, 0.05) is 24.7 Å². The first-order valence-corrected chi connectivity index (χ1v) is 10.4. The number of piperidine rings is 1. The van der Waals surface area contributed by atoms with Gasteiger partial charge in [-0.25, -0.2) is 4.98 Å². The molecule has 3 aliphatic rings. The van der Waals surface area contributed by atoms with Gasteiger partial charge in [0.25, 0.3) is 5.91 Å². The minimum atomic E-state index is 0.0200. The van der Waals surface area contributed by atoms with Gasteiger partial charge in [0.2, 0.25) is 11.8 Å². The Bertz CT molecular complexity index is 760. The molecule has 2 aliphatic heterocycles. The number of ether oxygens (including phenoxy) is 1. The van der Waals surface area contributed by atoms with Crippen molar-refractivity contribution in [2.24, 2.45) is 5.92 Å². The lowest BCUT2D eigenvalue weighted by atomic mass is 9.97. The molecule has 2 fully saturated rings. The average Bonchev–Trinajstić information content (AvgIpc) is 3.33. The van der Waals surface area contributed by atoms with E-state index in [1.165, 1.54) is 12.8 Å².